The first-order valence-corrected chi connectivity index (χ1v) is 318. The second kappa shape index (κ2) is 70.3. The molecule has 50 heteroatoms. The third-order valence-corrected chi connectivity index (χ3v) is 3410. The van der Waals surface area contributed by atoms with Crippen LogP contribution in [-0.2, 0) is 10.8 Å². The molecule has 2 aliphatic heterocycles. The Bertz CT molecular complexity index is 5980. The van der Waals surface area contributed by atoms with Crippen LogP contribution in [0.25, 0.3) is 44.5 Å². The molecule has 0 saturated heterocycles. The van der Waals surface area contributed by atoms with E-state index in [1.54, 1.807) is 0 Å². The molecule has 1 N–H and O–H groups in total. The monoisotopic (exact) mass is 7000 g/mol. The Morgan fingerprint density at radius 2 is 0.563 bits per heavy atom. The number of aryl methyl sites for hydroxylation is 4. The smallest absolute Gasteiger partial charge is 0.0390 e. The molecule has 2 fully saturated rings. The number of rotatable bonds is 32. The molecule has 16 rings (SSSR count). The molecule has 2 saturated carbocycles. The van der Waals surface area contributed by atoms with E-state index in [2.05, 4.69) is 777 Å². The Morgan fingerprint density at radius 1 is 0.275 bits per heavy atom. The predicted molar refractivity (Wildman–Crippen MR) is 1030 cm³/mol. The van der Waals surface area contributed by atoms with E-state index in [1.165, 1.54) is 158 Å². The SMILES string of the molecule is Cc1cc(Cl)cc(N2c3ccc(C)cc3C3(C)CCCCC23C)c1.Cc1cc(N(c2cccc(-c3ccccc3)c2)c2cccc(-c3ccccc3)c2)cc(N2c3ccc(C)cc3C3(C)CCCCC23C)c1.I[I-]I(I)I(I)I(I)I(I)I(I)I(I)I(I)I(I)I(I)I(I)I(I)I(I)I(I)I(I)I(I)I(I)I(I)I(I)I(I)I(I)I(I)I.c1ccc(-c2cccc(Nc3cccc(-c4ccccc4)c3)c2)cc1. The number of fused-ring (bicyclic) bond motifs is 6. The standard InChI is InChI=1S/C46H44N2.C24H19N.C22H26ClN.I45/c1-33-23-24-44-43(29-33)45(3)25-11-12-26-46(45,4)48(44)42-28-34(2)27-41(32-42)47(39-21-13-19-37(30-39)35-15-7-5-8-16-35)40-22-14-20-38(31-40)36-17-9-6-10-18-36;1-3-9-19(10-4-1)21-13-7-15-23(17-21)25-24-16-8-14-22(18-24)20-11-5-2-6-12-20;1-15-7-8-20-19(13-15)21(3)9-5-6-10-22(21,4)24(20)18-12-16(2)11-17(23)14-18;1-24-26(4)28(6)30(8)32(10)34(12)36(14)38(16)40(18)42(20)44(22)45(23)43(21)41(19)39(17)37(15)35(13)33(11)31(9)29(7)27(5)25(2)3/h5-10,13-24,27-32H,11-12,25-26H2,1-4H3;1-18,25H;7-8,11-14H,5-6,9-10H2,1-4H3;/q;;;-1. The van der Waals surface area contributed by atoms with Crippen LogP contribution in [0.5, 0.6) is 0 Å². The van der Waals surface area contributed by atoms with Gasteiger partial charge in [0.1, 0.15) is 0 Å². The van der Waals surface area contributed by atoms with Gasteiger partial charge in [0.2, 0.25) is 0 Å². The summed E-state index contributed by atoms with van der Waals surface area (Å²) < 4.78 is 0. The Hall–Kier alpha value is 23.0. The van der Waals surface area contributed by atoms with Crippen LogP contribution in [0, 0.1) is 27.7 Å². The third-order valence-electron chi connectivity index (χ3n) is 23.7. The number of nitrogens with zero attached hydrogens (tertiary/aromatic N) is 3. The number of benzene rings is 12. The molecule has 4 aliphatic rings. The molecule has 4 atom stereocenters. The van der Waals surface area contributed by atoms with Crippen molar-refractivity contribution < 1.29 is 13.3 Å². The van der Waals surface area contributed by atoms with Crippen LogP contribution in [0.15, 0.2) is 291 Å². The summed E-state index contributed by atoms with van der Waals surface area (Å²) in [4.78, 5) is 7.74. The van der Waals surface area contributed by atoms with Gasteiger partial charge in [-0.2, -0.15) is 0 Å². The molecule has 2 heterocycles. The van der Waals surface area contributed by atoms with Crippen molar-refractivity contribution in [2.75, 3.05) is 20.0 Å². The number of nitrogens with one attached hydrogen (secondary N) is 1. The van der Waals surface area contributed by atoms with E-state index < -0.39 is 166 Å². The molecule has 4 unspecified atom stereocenters. The molecule has 12 aromatic rings. The molecule has 0 bridgehead atoms. The van der Waals surface area contributed by atoms with Gasteiger partial charge in [0.15, 0.2) is 0 Å². The first-order chi connectivity index (χ1) is 67.6. The molecule has 4 nitrogen and oxygen atoms in total. The topological polar surface area (TPSA) is 21.8 Å². The quantitative estimate of drug-likeness (QED) is 0.0424. The van der Waals surface area contributed by atoms with Crippen molar-refractivity contribution in [3.63, 3.8) is 0 Å². The zero-order valence-corrected chi connectivity index (χ0v) is 172. The maximum Gasteiger partial charge on any atom is 0.0390 e. The van der Waals surface area contributed by atoms with Crippen LogP contribution in [0.2, 0.25) is 5.02 Å². The van der Waals surface area contributed by atoms with E-state index in [4.69, 9.17) is 11.6 Å². The van der Waals surface area contributed by atoms with Gasteiger partial charge in [-0.15, -0.1) is 0 Å². The van der Waals surface area contributed by atoms with Gasteiger partial charge in [-0.1, -0.05) is 256 Å². The summed E-state index contributed by atoms with van der Waals surface area (Å²) in [5, 5.41) is 4.35. The van der Waals surface area contributed by atoms with Crippen LogP contribution in [0.1, 0.15) is 112 Å². The van der Waals surface area contributed by atoms with Crippen LogP contribution in [0.3, 0.4) is 0 Å². The maximum atomic E-state index is 6.41. The molecule has 0 radical (unpaired) electrons. The molecule has 800 valence electrons. The molecule has 0 spiro atoms. The Kier molecular flexibility index (Phi) is 70.1. The Balaban J connectivity index is 0.000000166. The molecular weight excluding hydrogens is 6910 g/mol. The first-order valence-electron chi connectivity index (χ1n) is 41.3. The fourth-order valence-corrected chi connectivity index (χ4v) is 8190. The second-order valence-electron chi connectivity index (χ2n) is 32.0. The predicted octanol–water partition coefficient (Wildman–Crippen LogP) is 62.3. The first kappa shape index (κ1) is 142. The molecule has 2 aliphatic carbocycles. The van der Waals surface area contributed by atoms with Gasteiger partial charge in [-0.25, -0.2) is 0 Å². The van der Waals surface area contributed by atoms with Crippen molar-refractivity contribution in [1.82, 2.24) is 0 Å². The van der Waals surface area contributed by atoms with Gasteiger partial charge in [0, 0.05) is 67.0 Å². The fourth-order valence-electron chi connectivity index (χ4n) is 17.3. The average Bonchev–Trinajstić information content (AvgIpc) is 1.54. The molecule has 0 amide bonds. The average molecular weight is 7000 g/mol. The van der Waals surface area contributed by atoms with Gasteiger partial charge in [-0.3, -0.25) is 0 Å². The normalized spacial score (nSPS) is 19.3. The zero-order chi connectivity index (χ0) is 103. The Labute approximate surface area is 1150 Å². The van der Waals surface area contributed by atoms with E-state index in [1.807, 2.05) is 18.2 Å². The fraction of sp³-hybridized carbons (Fsp3) is 0.217. The van der Waals surface area contributed by atoms with Gasteiger partial charge in [0.25, 0.3) is 0 Å². The van der Waals surface area contributed by atoms with Crippen molar-refractivity contribution in [1.29, 1.82) is 0 Å². The second-order valence-corrected chi connectivity index (χ2v) is 1070. The largest absolute Gasteiger partial charge is 0.355 e. The molecular formula is C92H89ClI45N4-. The van der Waals surface area contributed by atoms with Gasteiger partial charge < -0.3 is 20.0 Å². The zero-order valence-electron chi connectivity index (χ0n) is 74.6. The summed E-state index contributed by atoms with van der Waals surface area (Å²) in [6, 6.07) is 105. The van der Waals surface area contributed by atoms with Crippen LogP contribution in [0.4, 0.5) is 51.2 Å². The van der Waals surface area contributed by atoms with Crippen LogP contribution in [-0.4, -0.2) is 11.1 Å². The molecule has 0 aromatic heterocycles. The van der Waals surface area contributed by atoms with E-state index in [9.17, 15) is 0 Å². The number of hydrogen-bond donors (Lipinski definition) is 1. The number of hydrogen-bond acceptors (Lipinski definition) is 4. The van der Waals surface area contributed by atoms with Gasteiger partial charge in [0.05, 0.1) is 11.1 Å². The summed E-state index contributed by atoms with van der Waals surface area (Å²) in [5.74, 6) is 0. The van der Waals surface area contributed by atoms with Crippen molar-refractivity contribution >= 4 is 657 Å². The minimum atomic E-state index is -0.558. The minimum absolute atomic E-state index is 0.00226. The summed E-state index contributed by atoms with van der Waals surface area (Å²) in [7, 11) is -10.7. The Morgan fingerprint density at radius 3 is 0.887 bits per heavy atom. The van der Waals surface area contributed by atoms with E-state index in [-0.39, 0.29) is 21.9 Å². The van der Waals surface area contributed by atoms with E-state index in [0.717, 1.165) is 27.8 Å². The number of halogens is 46. The van der Waals surface area contributed by atoms with E-state index >= 15 is 0 Å². The molecule has 12 aromatic carbocycles. The number of anilines is 9. The minimum Gasteiger partial charge on any atom is -0.355 e. The summed E-state index contributed by atoms with van der Waals surface area (Å²) in [6.07, 6.45) is 10.1. The van der Waals surface area contributed by atoms with Crippen molar-refractivity contribution in [3.8, 4) is 44.5 Å². The summed E-state index contributed by atoms with van der Waals surface area (Å²) in [6.45, 7) is 18.8. The van der Waals surface area contributed by atoms with Gasteiger partial charge >= 0.3 is 607 Å². The van der Waals surface area contributed by atoms with Gasteiger partial charge in [-0.05, 0) is 231 Å². The van der Waals surface area contributed by atoms with Crippen molar-refractivity contribution in [3.05, 3.63) is 330 Å². The van der Waals surface area contributed by atoms with Crippen molar-refractivity contribution in [2.24, 2.45) is 0 Å². The summed E-state index contributed by atoms with van der Waals surface area (Å²) >= 11 is 81.8. The van der Waals surface area contributed by atoms with Crippen LogP contribution >= 0.6 is 606 Å². The third kappa shape index (κ3) is 38.1. The summed E-state index contributed by atoms with van der Waals surface area (Å²) in [5.41, 5.74) is 29.2. The maximum absolute atomic E-state index is 6.41. The van der Waals surface area contributed by atoms with E-state index in [0.29, 0.717) is 13.3 Å². The molecule has 142 heavy (non-hydrogen) atoms. The van der Waals surface area contributed by atoms with Crippen LogP contribution < -0.4 is 33.3 Å². The van der Waals surface area contributed by atoms with Crippen molar-refractivity contribution in [2.45, 2.75) is 129 Å².